The van der Waals surface area contributed by atoms with E-state index < -0.39 is 0 Å². The van der Waals surface area contributed by atoms with E-state index >= 15 is 0 Å². The summed E-state index contributed by atoms with van der Waals surface area (Å²) in [6, 6.07) is 5.50. The molecule has 1 aromatic heterocycles. The quantitative estimate of drug-likeness (QED) is 0.882. The molecule has 1 aromatic rings. The van der Waals surface area contributed by atoms with Crippen LogP contribution in [0.3, 0.4) is 0 Å². The number of nitrogens with one attached hydrogen (secondary N) is 1. The van der Waals surface area contributed by atoms with Gasteiger partial charge >= 0.3 is 0 Å². The highest BCUT2D eigenvalue weighted by Gasteiger charge is 2.25. The second kappa shape index (κ2) is 5.06. The first-order valence-corrected chi connectivity index (χ1v) is 6.10. The van der Waals surface area contributed by atoms with Gasteiger partial charge in [-0.15, -0.1) is 0 Å². The van der Waals surface area contributed by atoms with Crippen LogP contribution in [-0.4, -0.2) is 23.7 Å². The van der Waals surface area contributed by atoms with Crippen molar-refractivity contribution in [2.24, 2.45) is 10.9 Å². The first-order chi connectivity index (χ1) is 9.33. The number of carbonyl (C=O) groups is 1. The Morgan fingerprint density at radius 3 is 3.26 bits per heavy atom. The first-order valence-electron chi connectivity index (χ1n) is 6.10. The summed E-state index contributed by atoms with van der Waals surface area (Å²) in [4.78, 5) is 20.3. The number of rotatable bonds is 3. The third-order valence-corrected chi connectivity index (χ3v) is 2.97. The van der Waals surface area contributed by atoms with E-state index in [1.54, 1.807) is 18.7 Å². The van der Waals surface area contributed by atoms with Crippen molar-refractivity contribution < 1.29 is 9.53 Å². The number of amides is 1. The summed E-state index contributed by atoms with van der Waals surface area (Å²) in [5.74, 6) is 0.795. The van der Waals surface area contributed by atoms with Crippen molar-refractivity contribution >= 4 is 12.1 Å². The molecule has 5 nitrogen and oxygen atoms in total. The van der Waals surface area contributed by atoms with Crippen molar-refractivity contribution in [3.8, 4) is 0 Å². The van der Waals surface area contributed by atoms with Gasteiger partial charge in [-0.05, 0) is 18.2 Å². The zero-order chi connectivity index (χ0) is 13.1. The van der Waals surface area contributed by atoms with E-state index in [2.05, 4.69) is 15.3 Å². The number of dihydropyridines is 1. The van der Waals surface area contributed by atoms with Gasteiger partial charge in [0.25, 0.3) is 0 Å². The zero-order valence-electron chi connectivity index (χ0n) is 10.2. The third-order valence-electron chi connectivity index (χ3n) is 2.97. The van der Waals surface area contributed by atoms with Gasteiger partial charge in [0, 0.05) is 18.1 Å². The van der Waals surface area contributed by atoms with Crippen LogP contribution >= 0.6 is 0 Å². The highest BCUT2D eigenvalue weighted by Crippen LogP contribution is 2.26. The topological polar surface area (TPSA) is 63.6 Å². The number of aliphatic imine (C=N–C) groups is 1. The first kappa shape index (κ1) is 11.6. The van der Waals surface area contributed by atoms with E-state index in [0.717, 1.165) is 11.5 Å². The minimum Gasteiger partial charge on any atom is -0.467 e. The number of pyridine rings is 1. The van der Waals surface area contributed by atoms with Crippen LogP contribution in [0.25, 0.3) is 0 Å². The predicted molar refractivity (Wildman–Crippen MR) is 70.2 cm³/mol. The number of aromatic nitrogens is 1. The Morgan fingerprint density at radius 1 is 1.47 bits per heavy atom. The molecular weight excluding hydrogens is 242 g/mol. The molecule has 0 saturated carbocycles. The van der Waals surface area contributed by atoms with Crippen molar-refractivity contribution in [3.05, 3.63) is 53.9 Å². The van der Waals surface area contributed by atoms with E-state index in [0.29, 0.717) is 12.2 Å². The molecule has 0 fully saturated rings. The van der Waals surface area contributed by atoms with Crippen LogP contribution in [0.1, 0.15) is 5.69 Å². The Morgan fingerprint density at radius 2 is 2.42 bits per heavy atom. The Hall–Kier alpha value is -2.43. The van der Waals surface area contributed by atoms with Crippen LogP contribution in [-0.2, 0) is 16.0 Å². The Bertz CT molecular complexity index is 576. The molecule has 0 spiro atoms. The lowest BCUT2D eigenvalue weighted by Crippen LogP contribution is -2.29. The summed E-state index contributed by atoms with van der Waals surface area (Å²) < 4.78 is 5.40. The molecule has 3 rings (SSSR count). The van der Waals surface area contributed by atoms with Crippen LogP contribution in [0.15, 0.2) is 53.2 Å². The summed E-state index contributed by atoms with van der Waals surface area (Å²) >= 11 is 0. The van der Waals surface area contributed by atoms with Crippen molar-refractivity contribution in [1.29, 1.82) is 0 Å². The van der Waals surface area contributed by atoms with Crippen molar-refractivity contribution in [3.63, 3.8) is 0 Å². The number of carbonyl (C=O) groups excluding carboxylic acids is 1. The fourth-order valence-corrected chi connectivity index (χ4v) is 2.07. The molecule has 3 heterocycles. The molecule has 2 aliphatic rings. The van der Waals surface area contributed by atoms with E-state index in [1.807, 2.05) is 24.3 Å². The van der Waals surface area contributed by atoms with Gasteiger partial charge in [0.1, 0.15) is 5.76 Å². The van der Waals surface area contributed by atoms with Crippen LogP contribution in [0.4, 0.5) is 0 Å². The molecule has 5 heteroatoms. The second-order valence-corrected chi connectivity index (χ2v) is 4.37. The minimum absolute atomic E-state index is 0.121. The van der Waals surface area contributed by atoms with Crippen LogP contribution in [0.5, 0.6) is 0 Å². The number of fused-ring (bicyclic) bond motifs is 1. The number of ether oxygens (including phenoxy) is 1. The van der Waals surface area contributed by atoms with Gasteiger partial charge in [-0.25, -0.2) is 0 Å². The number of hydrogen-bond acceptors (Lipinski definition) is 4. The van der Waals surface area contributed by atoms with Gasteiger partial charge in [-0.3, -0.25) is 14.8 Å². The normalized spacial score (nSPS) is 20.1. The van der Waals surface area contributed by atoms with Gasteiger partial charge < -0.3 is 10.1 Å². The molecular formula is C14H13N3O2. The monoisotopic (exact) mass is 255 g/mol. The highest BCUT2D eigenvalue weighted by molar-refractivity contribution is 5.90. The summed E-state index contributed by atoms with van der Waals surface area (Å²) in [7, 11) is 0. The summed E-state index contributed by atoms with van der Waals surface area (Å²) in [6.45, 7) is 0.672. The largest absolute Gasteiger partial charge is 0.467 e. The zero-order valence-corrected chi connectivity index (χ0v) is 10.2. The number of hydrogen-bond donors (Lipinski definition) is 1. The van der Waals surface area contributed by atoms with Gasteiger partial charge in [-0.2, -0.15) is 0 Å². The standard InChI is InChI=1S/C14H13N3O2/c18-13(7-11-3-1-2-5-16-11)17-12-9-15-8-10-4-6-19-14(10)12/h1-6,9-10H,7-8H2,(H,17,18). The lowest BCUT2D eigenvalue weighted by molar-refractivity contribution is -0.119. The third kappa shape index (κ3) is 2.54. The molecule has 1 N–H and O–H groups in total. The van der Waals surface area contributed by atoms with Crippen LogP contribution in [0, 0.1) is 5.92 Å². The van der Waals surface area contributed by atoms with Crippen molar-refractivity contribution in [1.82, 2.24) is 10.3 Å². The van der Waals surface area contributed by atoms with Crippen LogP contribution in [0.2, 0.25) is 0 Å². The van der Waals surface area contributed by atoms with Gasteiger partial charge in [0.15, 0.2) is 0 Å². The molecule has 0 bridgehead atoms. The van der Waals surface area contributed by atoms with Gasteiger partial charge in [-0.1, -0.05) is 6.07 Å². The molecule has 0 aliphatic carbocycles. The fourth-order valence-electron chi connectivity index (χ4n) is 2.07. The SMILES string of the molecule is O=C(Cc1ccccn1)NC1=C2OC=CC2CN=C1. The molecule has 1 amide bonds. The van der Waals surface area contributed by atoms with E-state index in [4.69, 9.17) is 4.74 Å². The van der Waals surface area contributed by atoms with E-state index in [9.17, 15) is 4.79 Å². The lowest BCUT2D eigenvalue weighted by atomic mass is 10.1. The second-order valence-electron chi connectivity index (χ2n) is 4.37. The molecule has 2 aliphatic heterocycles. The van der Waals surface area contributed by atoms with Crippen molar-refractivity contribution in [2.45, 2.75) is 6.42 Å². The molecule has 0 saturated heterocycles. The maximum Gasteiger partial charge on any atom is 0.230 e. The summed E-state index contributed by atoms with van der Waals surface area (Å²) in [6.07, 6.45) is 7.14. The highest BCUT2D eigenvalue weighted by atomic mass is 16.5. The minimum atomic E-state index is -0.121. The van der Waals surface area contributed by atoms with Crippen LogP contribution < -0.4 is 5.32 Å². The predicted octanol–water partition coefficient (Wildman–Crippen LogP) is 1.20. The van der Waals surface area contributed by atoms with E-state index in [-0.39, 0.29) is 18.2 Å². The average molecular weight is 255 g/mol. The number of nitrogens with zero attached hydrogens (tertiary/aromatic N) is 2. The van der Waals surface area contributed by atoms with Gasteiger partial charge in [0.2, 0.25) is 5.91 Å². The molecule has 19 heavy (non-hydrogen) atoms. The summed E-state index contributed by atoms with van der Waals surface area (Å²) in [5, 5.41) is 2.83. The number of allylic oxidation sites excluding steroid dienone is 1. The summed E-state index contributed by atoms with van der Waals surface area (Å²) in [5.41, 5.74) is 1.38. The van der Waals surface area contributed by atoms with Gasteiger partial charge in [0.05, 0.1) is 30.8 Å². The molecule has 1 unspecified atom stereocenters. The lowest BCUT2D eigenvalue weighted by Gasteiger charge is -2.16. The molecule has 0 radical (unpaired) electrons. The Labute approximate surface area is 110 Å². The average Bonchev–Trinajstić information content (AvgIpc) is 2.89. The van der Waals surface area contributed by atoms with E-state index in [1.165, 1.54) is 0 Å². The smallest absolute Gasteiger partial charge is 0.230 e. The molecule has 1 atom stereocenters. The maximum absolute atomic E-state index is 11.9. The Balaban J connectivity index is 1.68. The van der Waals surface area contributed by atoms with Crippen molar-refractivity contribution in [2.75, 3.05) is 6.54 Å². The molecule has 0 aromatic carbocycles. The Kier molecular flexibility index (Phi) is 3.10. The molecule has 96 valence electrons. The maximum atomic E-state index is 11.9. The fraction of sp³-hybridized carbons (Fsp3) is 0.214.